The molecule has 4 aromatic carbocycles. The Morgan fingerprint density at radius 1 is 0.940 bits per heavy atom. The molecule has 5 amide bonds. The van der Waals surface area contributed by atoms with Crippen LogP contribution >= 0.6 is 22.9 Å². The van der Waals surface area contributed by atoms with Gasteiger partial charge in [-0.2, -0.15) is 4.98 Å². The molecule has 0 aliphatic carbocycles. The molecule has 20 nitrogen and oxygen atoms in total. The number of carbonyl (C=O) groups is 5. The highest BCUT2D eigenvalue weighted by atomic mass is 35.5. The number of likely N-dealkylation sites (tertiary alicyclic amines) is 1. The van der Waals surface area contributed by atoms with Gasteiger partial charge in [-0.3, -0.25) is 24.0 Å². The second-order valence-corrected chi connectivity index (χ2v) is 23.0. The minimum absolute atomic E-state index is 0.0137. The number of fused-ring (bicyclic) bond motifs is 2. The largest absolute Gasteiger partial charge is 0.508 e. The van der Waals surface area contributed by atoms with E-state index in [0.29, 0.717) is 60.3 Å². The first-order chi connectivity index (χ1) is 39.7. The number of benzene rings is 4. The van der Waals surface area contributed by atoms with Gasteiger partial charge in [0.1, 0.15) is 35.8 Å². The molecule has 0 bridgehead atoms. The zero-order chi connectivity index (χ0) is 59.5. The van der Waals surface area contributed by atoms with E-state index in [-0.39, 0.29) is 111 Å². The van der Waals surface area contributed by atoms with Crippen LogP contribution in [0.25, 0.3) is 43.2 Å². The number of piperazine rings is 1. The molecular weight excluding hydrogens is 1110 g/mol. The van der Waals surface area contributed by atoms with Crippen LogP contribution in [-0.2, 0) is 38.2 Å². The number of ether oxygens (including phenoxy) is 3. The summed E-state index contributed by atoms with van der Waals surface area (Å²) < 4.78 is 33.9. The zero-order valence-corrected chi connectivity index (χ0v) is 49.2. The number of rotatable bonds is 24. The van der Waals surface area contributed by atoms with Crippen LogP contribution in [-0.4, -0.2) is 180 Å². The second kappa shape index (κ2) is 27.8. The Morgan fingerprint density at radius 3 is 2.33 bits per heavy atom. The van der Waals surface area contributed by atoms with E-state index in [1.165, 1.54) is 21.9 Å². The van der Waals surface area contributed by atoms with Crippen molar-refractivity contribution in [1.29, 1.82) is 0 Å². The molecule has 8 rings (SSSR count). The van der Waals surface area contributed by atoms with E-state index in [2.05, 4.69) is 32.5 Å². The number of aromatic nitrogens is 3. The van der Waals surface area contributed by atoms with Crippen LogP contribution < -0.4 is 20.9 Å². The molecule has 2 aromatic heterocycles. The number of phenols is 1. The summed E-state index contributed by atoms with van der Waals surface area (Å²) in [7, 11) is 1.66. The van der Waals surface area contributed by atoms with E-state index in [4.69, 9.17) is 30.8 Å². The molecule has 442 valence electrons. The number of aryl methyl sites for hydroxylation is 1. The Bertz CT molecular complexity index is 3320. The number of aliphatic hydroxyl groups is 1. The highest BCUT2D eigenvalue weighted by molar-refractivity contribution is 7.13. The van der Waals surface area contributed by atoms with Gasteiger partial charge >= 0.3 is 0 Å². The van der Waals surface area contributed by atoms with Crippen LogP contribution in [0.4, 0.5) is 16.2 Å². The molecule has 0 saturated carbocycles. The van der Waals surface area contributed by atoms with E-state index in [1.807, 2.05) is 88.0 Å². The van der Waals surface area contributed by atoms with Gasteiger partial charge in [-0.1, -0.05) is 87.5 Å². The second-order valence-electron chi connectivity index (χ2n) is 21.7. The molecule has 0 unspecified atom stereocenters. The van der Waals surface area contributed by atoms with Gasteiger partial charge in [0.2, 0.25) is 35.5 Å². The summed E-state index contributed by atoms with van der Waals surface area (Å²) in [6.07, 6.45) is 0.473. The van der Waals surface area contributed by atoms with E-state index in [9.17, 15) is 34.2 Å². The number of amides is 5. The van der Waals surface area contributed by atoms with Crippen molar-refractivity contribution < 1.29 is 52.8 Å². The molecule has 0 spiro atoms. The maximum Gasteiger partial charge on any atom is 0.246 e. The highest BCUT2D eigenvalue weighted by Gasteiger charge is 2.45. The lowest BCUT2D eigenvalue weighted by atomic mass is 9.85. The number of halogens is 2. The summed E-state index contributed by atoms with van der Waals surface area (Å²) in [5.74, 6) is -2.06. The fourth-order valence-corrected chi connectivity index (χ4v) is 11.2. The van der Waals surface area contributed by atoms with Crippen molar-refractivity contribution >= 4 is 85.9 Å². The van der Waals surface area contributed by atoms with Crippen molar-refractivity contribution in [2.75, 3.05) is 103 Å². The number of phenolic OH excluding ortho intramolecular Hbond substituents is 1. The van der Waals surface area contributed by atoms with E-state index >= 15 is 4.39 Å². The van der Waals surface area contributed by atoms with E-state index in [1.54, 1.807) is 40.9 Å². The normalized spacial score (nSPS) is 16.2. The average molecular weight is 1180 g/mol. The minimum Gasteiger partial charge on any atom is -0.508 e. The van der Waals surface area contributed by atoms with Gasteiger partial charge < -0.3 is 60.0 Å². The lowest BCUT2D eigenvalue weighted by Gasteiger charge is -2.35. The molecular formula is C60H72ClFN10O10S. The number of nitrogens with one attached hydrogen (secondary N) is 3. The minimum atomic E-state index is -1.02. The van der Waals surface area contributed by atoms with E-state index in [0.717, 1.165) is 21.7 Å². The summed E-state index contributed by atoms with van der Waals surface area (Å²) in [5, 5.41) is 32.0. The van der Waals surface area contributed by atoms with Crippen LogP contribution in [0.3, 0.4) is 0 Å². The Morgan fingerprint density at radius 2 is 1.64 bits per heavy atom. The molecule has 4 atom stereocenters. The van der Waals surface area contributed by atoms with Gasteiger partial charge in [0.15, 0.2) is 5.82 Å². The van der Waals surface area contributed by atoms with Crippen LogP contribution in [0.5, 0.6) is 5.75 Å². The van der Waals surface area contributed by atoms with Gasteiger partial charge in [0.25, 0.3) is 0 Å². The van der Waals surface area contributed by atoms with Crippen LogP contribution in [0.15, 0.2) is 84.9 Å². The number of nitrogens with zero attached hydrogens (tertiary/aromatic N) is 7. The lowest BCUT2D eigenvalue weighted by Crippen LogP contribution is -2.58. The quantitative estimate of drug-likeness (QED) is 0.0306. The molecule has 2 aliphatic rings. The Balaban J connectivity index is 0.754. The van der Waals surface area contributed by atoms with E-state index < -0.39 is 47.1 Å². The monoisotopic (exact) mass is 1180 g/mol. The predicted octanol–water partition coefficient (Wildman–Crippen LogP) is 6.89. The van der Waals surface area contributed by atoms with Crippen LogP contribution in [0, 0.1) is 18.2 Å². The number of carbonyl (C=O) groups excluding carboxylic acids is 5. The number of anilines is 2. The third kappa shape index (κ3) is 15.3. The van der Waals surface area contributed by atoms with Crippen LogP contribution in [0.2, 0.25) is 5.02 Å². The first kappa shape index (κ1) is 61.7. The number of likely N-dealkylation sites (N-methyl/N-ethyl adjacent to an activating group) is 1. The molecule has 5 N–H and O–H groups in total. The third-order valence-electron chi connectivity index (χ3n) is 14.7. The molecule has 23 heteroatoms. The number of hydrogen-bond donors (Lipinski definition) is 5. The topological polar surface area (TPSA) is 241 Å². The Labute approximate surface area is 491 Å². The number of β-amino-alcohol motifs (C(OH)–C–C–N with tert-alkyl or cyclic N) is 1. The Kier molecular flexibility index (Phi) is 20.7. The van der Waals surface area contributed by atoms with Crippen molar-refractivity contribution in [2.45, 2.75) is 71.7 Å². The molecule has 6 aromatic rings. The van der Waals surface area contributed by atoms with Gasteiger partial charge in [0, 0.05) is 76.7 Å². The lowest BCUT2D eigenvalue weighted by molar-refractivity contribution is -0.144. The van der Waals surface area contributed by atoms with Crippen LogP contribution in [0.1, 0.15) is 57.8 Å². The maximum absolute atomic E-state index is 17.0. The summed E-state index contributed by atoms with van der Waals surface area (Å²) in [6, 6.07) is 17.5. The number of aromatic hydroxyl groups is 1. The molecule has 2 saturated heterocycles. The number of thiazole rings is 1. The summed E-state index contributed by atoms with van der Waals surface area (Å²) >= 11 is 8.44. The zero-order valence-electron chi connectivity index (χ0n) is 47.6. The molecule has 83 heavy (non-hydrogen) atoms. The summed E-state index contributed by atoms with van der Waals surface area (Å²) in [5.41, 5.74) is 4.35. The average Bonchev–Trinajstić information content (AvgIpc) is 2.97. The van der Waals surface area contributed by atoms with Crippen molar-refractivity contribution in [1.82, 2.24) is 40.3 Å². The standard InChI is InChI=1S/C60H72ClFN10O10S/c1-8-49(76)70-19-21-71(22-20-70)56-45-32-46(61)51(44-30-41(73)29-40-11-9-10-12-43(40)44)52(62)53(45)67-59(68-56)63-18-17-50(77)69(7)23-24-80-25-26-81-27-28-82-34-48(75)66-55(60(4,5)6)58(79)72-33-42(74)31-47(72)57(78)65-36(2)38-13-15-39(16-14-38)54-37(3)64-35-83-54/h8-16,29-30,32,35-36,42,47,55,73-74H,1,17-28,31,33-34H2,2-7H3,(H,65,78)(H,66,75)(H,63,67,68)/t36-,42+,47-,55+/m0/s1. The molecule has 2 aliphatic heterocycles. The van der Waals surface area contributed by atoms with Gasteiger partial charge in [0.05, 0.1) is 66.3 Å². The molecule has 4 heterocycles. The smallest absolute Gasteiger partial charge is 0.246 e. The van der Waals surface area contributed by atoms with Gasteiger partial charge in [-0.05, 0) is 71.0 Å². The van der Waals surface area contributed by atoms with Gasteiger partial charge in [-0.25, -0.2) is 14.4 Å². The van der Waals surface area contributed by atoms with Crippen molar-refractivity contribution in [2.24, 2.45) is 5.41 Å². The highest BCUT2D eigenvalue weighted by Crippen LogP contribution is 2.42. The van der Waals surface area contributed by atoms with Crippen molar-refractivity contribution in [3.63, 3.8) is 0 Å². The molecule has 2 fully saturated rings. The maximum atomic E-state index is 17.0. The first-order valence-electron chi connectivity index (χ1n) is 27.6. The molecule has 0 radical (unpaired) electrons. The first-order valence-corrected chi connectivity index (χ1v) is 28.9. The SMILES string of the molecule is C=CC(=O)N1CCN(c2nc(NCCC(=O)N(C)CCOCCOCCOCC(=O)N[C@H](C(=O)N3C[C@H](O)C[C@H]3C(=O)N[C@@H](C)c3ccc(-c4scnc4C)cc3)C(C)(C)C)nc3c(F)c(-c4cc(O)cc5ccccc45)c(Cl)cc23)CC1. The summed E-state index contributed by atoms with van der Waals surface area (Å²) in [4.78, 5) is 87.8. The predicted molar refractivity (Wildman–Crippen MR) is 318 cm³/mol. The number of hydrogen-bond acceptors (Lipinski definition) is 16. The number of aliphatic hydroxyl groups excluding tert-OH is 1. The third-order valence-corrected chi connectivity index (χ3v) is 16.0. The fraction of sp³-hybridized carbons (Fsp3) is 0.433. The van der Waals surface area contributed by atoms with Gasteiger partial charge in [-0.15, -0.1) is 11.3 Å². The summed E-state index contributed by atoms with van der Waals surface area (Å²) in [6.45, 7) is 15.3. The van der Waals surface area contributed by atoms with Crippen molar-refractivity contribution in [3.8, 4) is 27.3 Å². The fourth-order valence-electron chi connectivity index (χ4n) is 10.1. The Hall–Kier alpha value is -7.34. The van der Waals surface area contributed by atoms with Crippen molar-refractivity contribution in [3.05, 3.63) is 107 Å².